The van der Waals surface area contributed by atoms with Gasteiger partial charge in [0.2, 0.25) is 0 Å². The molecule has 2 aromatic carbocycles. The van der Waals surface area contributed by atoms with Crippen LogP contribution in [0.3, 0.4) is 0 Å². The van der Waals surface area contributed by atoms with E-state index in [2.05, 4.69) is 10.6 Å². The SMILES string of the molecule is O=C(NCC1CC(=O)c2ccccc21)Nc1cccc(O)c1. The van der Waals surface area contributed by atoms with Crippen molar-refractivity contribution in [1.82, 2.24) is 5.32 Å². The number of Topliss-reactive ketones (excluding diaryl/α,β-unsaturated/α-hetero) is 1. The largest absolute Gasteiger partial charge is 0.508 e. The van der Waals surface area contributed by atoms with Gasteiger partial charge in [-0.05, 0) is 17.7 Å². The molecule has 112 valence electrons. The molecular formula is C17H16N2O3. The van der Waals surface area contributed by atoms with Gasteiger partial charge in [0.15, 0.2) is 5.78 Å². The Morgan fingerprint density at radius 2 is 2.00 bits per heavy atom. The summed E-state index contributed by atoms with van der Waals surface area (Å²) in [4.78, 5) is 23.8. The number of carbonyl (C=O) groups is 2. The van der Waals surface area contributed by atoms with Crippen molar-refractivity contribution in [2.75, 3.05) is 11.9 Å². The number of aromatic hydroxyl groups is 1. The Morgan fingerprint density at radius 3 is 2.82 bits per heavy atom. The molecule has 0 aromatic heterocycles. The van der Waals surface area contributed by atoms with Crippen LogP contribution in [-0.2, 0) is 0 Å². The van der Waals surface area contributed by atoms with Gasteiger partial charge in [-0.1, -0.05) is 30.3 Å². The molecule has 22 heavy (non-hydrogen) atoms. The second-order valence-electron chi connectivity index (χ2n) is 5.30. The number of urea groups is 1. The van der Waals surface area contributed by atoms with E-state index < -0.39 is 0 Å². The van der Waals surface area contributed by atoms with Crippen LogP contribution in [0.25, 0.3) is 0 Å². The van der Waals surface area contributed by atoms with Crippen LogP contribution in [0.5, 0.6) is 5.75 Å². The maximum absolute atomic E-state index is 11.9. The molecule has 0 aliphatic heterocycles. The summed E-state index contributed by atoms with van der Waals surface area (Å²) < 4.78 is 0. The van der Waals surface area contributed by atoms with Gasteiger partial charge < -0.3 is 15.7 Å². The Kier molecular flexibility index (Phi) is 3.78. The van der Waals surface area contributed by atoms with E-state index in [1.165, 1.54) is 12.1 Å². The van der Waals surface area contributed by atoms with Crippen LogP contribution in [0.15, 0.2) is 48.5 Å². The summed E-state index contributed by atoms with van der Waals surface area (Å²) in [6, 6.07) is 13.5. The van der Waals surface area contributed by atoms with E-state index >= 15 is 0 Å². The average molecular weight is 296 g/mol. The van der Waals surface area contributed by atoms with Crippen LogP contribution < -0.4 is 10.6 Å². The number of phenolic OH excluding ortho intramolecular Hbond substituents is 1. The zero-order valence-electron chi connectivity index (χ0n) is 11.9. The lowest BCUT2D eigenvalue weighted by atomic mass is 10.0. The minimum atomic E-state index is -0.359. The van der Waals surface area contributed by atoms with Crippen molar-refractivity contribution in [3.8, 4) is 5.75 Å². The minimum Gasteiger partial charge on any atom is -0.508 e. The maximum Gasteiger partial charge on any atom is 0.319 e. The molecule has 0 fully saturated rings. The molecule has 1 unspecified atom stereocenters. The van der Waals surface area contributed by atoms with Crippen LogP contribution in [0.2, 0.25) is 0 Å². The molecule has 0 bridgehead atoms. The highest BCUT2D eigenvalue weighted by Gasteiger charge is 2.28. The van der Waals surface area contributed by atoms with Gasteiger partial charge in [-0.3, -0.25) is 4.79 Å². The molecule has 5 heteroatoms. The number of hydrogen-bond donors (Lipinski definition) is 3. The lowest BCUT2D eigenvalue weighted by Gasteiger charge is -2.13. The summed E-state index contributed by atoms with van der Waals surface area (Å²) in [6.07, 6.45) is 0.422. The fraction of sp³-hybridized carbons (Fsp3) is 0.176. The fourth-order valence-electron chi connectivity index (χ4n) is 2.71. The summed E-state index contributed by atoms with van der Waals surface area (Å²) in [6.45, 7) is 0.396. The third kappa shape index (κ3) is 2.93. The molecule has 0 saturated carbocycles. The summed E-state index contributed by atoms with van der Waals surface area (Å²) in [5, 5.41) is 14.8. The Labute approximate surface area is 128 Å². The predicted molar refractivity (Wildman–Crippen MR) is 83.3 cm³/mol. The van der Waals surface area contributed by atoms with Crippen molar-refractivity contribution < 1.29 is 14.7 Å². The number of amides is 2. The predicted octanol–water partition coefficient (Wildman–Crippen LogP) is 2.88. The molecule has 0 saturated heterocycles. The first-order chi connectivity index (χ1) is 10.6. The van der Waals surface area contributed by atoms with Crippen LogP contribution in [0.4, 0.5) is 10.5 Å². The van der Waals surface area contributed by atoms with Gasteiger partial charge in [-0.15, -0.1) is 0 Å². The van der Waals surface area contributed by atoms with Gasteiger partial charge in [-0.2, -0.15) is 0 Å². The first kappa shape index (κ1) is 14.1. The highest BCUT2D eigenvalue weighted by Crippen LogP contribution is 2.32. The van der Waals surface area contributed by atoms with E-state index in [9.17, 15) is 14.7 Å². The lowest BCUT2D eigenvalue weighted by molar-refractivity contribution is 0.0988. The maximum atomic E-state index is 11.9. The van der Waals surface area contributed by atoms with Gasteiger partial charge in [0.1, 0.15) is 5.75 Å². The van der Waals surface area contributed by atoms with Crippen molar-refractivity contribution in [3.63, 3.8) is 0 Å². The van der Waals surface area contributed by atoms with Gasteiger partial charge in [0.25, 0.3) is 0 Å². The number of fused-ring (bicyclic) bond motifs is 1. The van der Waals surface area contributed by atoms with Crippen LogP contribution in [-0.4, -0.2) is 23.5 Å². The third-order valence-electron chi connectivity index (χ3n) is 3.75. The summed E-state index contributed by atoms with van der Waals surface area (Å²) in [7, 11) is 0. The summed E-state index contributed by atoms with van der Waals surface area (Å²) in [5.41, 5.74) is 2.26. The molecule has 2 aromatic rings. The number of rotatable bonds is 3. The normalized spacial score (nSPS) is 16.2. The first-order valence-electron chi connectivity index (χ1n) is 7.09. The molecule has 3 N–H and O–H groups in total. The Hall–Kier alpha value is -2.82. The van der Waals surface area contributed by atoms with Crippen LogP contribution in [0.1, 0.15) is 28.3 Å². The number of anilines is 1. The van der Waals surface area contributed by atoms with E-state index in [1.807, 2.05) is 24.3 Å². The minimum absolute atomic E-state index is 0.0126. The standard InChI is InChI=1S/C17H16N2O3/c20-13-5-3-4-12(9-13)19-17(22)18-10-11-8-16(21)15-7-2-1-6-14(11)15/h1-7,9,11,20H,8,10H2,(H2,18,19,22). The molecule has 1 aliphatic carbocycles. The second kappa shape index (κ2) is 5.89. The van der Waals surface area contributed by atoms with E-state index in [0.717, 1.165) is 11.1 Å². The number of carbonyl (C=O) groups excluding carboxylic acids is 2. The Balaban J connectivity index is 1.59. The molecule has 0 heterocycles. The highest BCUT2D eigenvalue weighted by atomic mass is 16.3. The average Bonchev–Trinajstić information content (AvgIpc) is 2.82. The molecule has 5 nitrogen and oxygen atoms in total. The van der Waals surface area contributed by atoms with E-state index in [1.54, 1.807) is 12.1 Å². The summed E-state index contributed by atoms with van der Waals surface area (Å²) >= 11 is 0. The van der Waals surface area contributed by atoms with Gasteiger partial charge in [0.05, 0.1) is 0 Å². The Morgan fingerprint density at radius 1 is 1.18 bits per heavy atom. The number of nitrogens with one attached hydrogen (secondary N) is 2. The fourth-order valence-corrected chi connectivity index (χ4v) is 2.71. The number of phenols is 1. The van der Waals surface area contributed by atoms with Crippen LogP contribution in [0, 0.1) is 0 Å². The molecule has 3 rings (SSSR count). The quantitative estimate of drug-likeness (QED) is 0.815. The number of ketones is 1. The molecule has 1 atom stereocenters. The van der Waals surface area contributed by atoms with Crippen molar-refractivity contribution in [2.24, 2.45) is 0 Å². The van der Waals surface area contributed by atoms with E-state index in [-0.39, 0.29) is 23.5 Å². The monoisotopic (exact) mass is 296 g/mol. The van der Waals surface area contributed by atoms with Crippen molar-refractivity contribution >= 4 is 17.5 Å². The van der Waals surface area contributed by atoms with Gasteiger partial charge in [-0.25, -0.2) is 4.79 Å². The van der Waals surface area contributed by atoms with Gasteiger partial charge in [0, 0.05) is 36.2 Å². The molecule has 0 radical (unpaired) electrons. The zero-order chi connectivity index (χ0) is 15.5. The molecular weight excluding hydrogens is 280 g/mol. The smallest absolute Gasteiger partial charge is 0.319 e. The van der Waals surface area contributed by atoms with Crippen molar-refractivity contribution in [2.45, 2.75) is 12.3 Å². The van der Waals surface area contributed by atoms with Crippen molar-refractivity contribution in [1.29, 1.82) is 0 Å². The van der Waals surface area contributed by atoms with E-state index in [0.29, 0.717) is 18.7 Å². The third-order valence-corrected chi connectivity index (χ3v) is 3.75. The van der Waals surface area contributed by atoms with Crippen molar-refractivity contribution in [3.05, 3.63) is 59.7 Å². The highest BCUT2D eigenvalue weighted by molar-refractivity contribution is 6.01. The lowest BCUT2D eigenvalue weighted by Crippen LogP contribution is -2.32. The van der Waals surface area contributed by atoms with Gasteiger partial charge >= 0.3 is 6.03 Å². The van der Waals surface area contributed by atoms with Crippen LogP contribution >= 0.6 is 0 Å². The molecule has 2 amide bonds. The first-order valence-corrected chi connectivity index (χ1v) is 7.09. The summed E-state index contributed by atoms with van der Waals surface area (Å²) in [5.74, 6) is 0.225. The zero-order valence-corrected chi connectivity index (χ0v) is 11.9. The molecule has 0 spiro atoms. The topological polar surface area (TPSA) is 78.4 Å². The molecule has 1 aliphatic rings. The number of benzene rings is 2. The number of hydrogen-bond acceptors (Lipinski definition) is 3. The second-order valence-corrected chi connectivity index (χ2v) is 5.30. The van der Waals surface area contributed by atoms with E-state index in [4.69, 9.17) is 0 Å². The Bertz CT molecular complexity index is 727.